The number of para-hydroxylation sites is 1. The van der Waals surface area contributed by atoms with Crippen molar-refractivity contribution in [2.45, 2.75) is 34.6 Å². The van der Waals surface area contributed by atoms with E-state index in [1.807, 2.05) is 40.7 Å². The molecule has 0 aliphatic carbocycles. The molecule has 2 aromatic carbocycles. The SMILES string of the molecule is CCOc1cc(NC(=O)C(C)C)c(OCC)cc1NC(=O)c1ccccc1OCC. The zero-order valence-electron chi connectivity index (χ0n) is 18.2. The summed E-state index contributed by atoms with van der Waals surface area (Å²) in [4.78, 5) is 25.1. The molecular weight excluding hydrogens is 384 g/mol. The van der Waals surface area contributed by atoms with Gasteiger partial charge in [0.25, 0.3) is 5.91 Å². The first-order valence-corrected chi connectivity index (χ1v) is 10.2. The summed E-state index contributed by atoms with van der Waals surface area (Å²) in [6.07, 6.45) is 0. The van der Waals surface area contributed by atoms with Crippen LogP contribution in [0.5, 0.6) is 17.2 Å². The van der Waals surface area contributed by atoms with Gasteiger partial charge in [0, 0.05) is 18.1 Å². The van der Waals surface area contributed by atoms with E-state index in [0.717, 1.165) is 0 Å². The van der Waals surface area contributed by atoms with E-state index in [4.69, 9.17) is 14.2 Å². The molecule has 2 amide bonds. The number of rotatable bonds is 10. The van der Waals surface area contributed by atoms with Gasteiger partial charge in [0.15, 0.2) is 0 Å². The average Bonchev–Trinajstić information content (AvgIpc) is 2.71. The van der Waals surface area contributed by atoms with E-state index in [0.29, 0.717) is 54.0 Å². The van der Waals surface area contributed by atoms with Gasteiger partial charge in [-0.25, -0.2) is 0 Å². The summed E-state index contributed by atoms with van der Waals surface area (Å²) in [6.45, 7) is 10.4. The molecule has 0 bridgehead atoms. The lowest BCUT2D eigenvalue weighted by molar-refractivity contribution is -0.118. The van der Waals surface area contributed by atoms with E-state index in [1.165, 1.54) is 0 Å². The van der Waals surface area contributed by atoms with Crippen LogP contribution in [-0.2, 0) is 4.79 Å². The number of hydrogen-bond acceptors (Lipinski definition) is 5. The van der Waals surface area contributed by atoms with Gasteiger partial charge in [-0.3, -0.25) is 9.59 Å². The van der Waals surface area contributed by atoms with Gasteiger partial charge in [0.1, 0.15) is 17.2 Å². The largest absolute Gasteiger partial charge is 0.493 e. The van der Waals surface area contributed by atoms with Crippen molar-refractivity contribution in [1.29, 1.82) is 0 Å². The monoisotopic (exact) mass is 414 g/mol. The van der Waals surface area contributed by atoms with Gasteiger partial charge in [-0.05, 0) is 32.9 Å². The molecule has 0 aliphatic rings. The second-order valence-electron chi connectivity index (χ2n) is 6.74. The Labute approximate surface area is 177 Å². The van der Waals surface area contributed by atoms with Crippen LogP contribution in [0.25, 0.3) is 0 Å². The minimum atomic E-state index is -0.332. The fraction of sp³-hybridized carbons (Fsp3) is 0.391. The minimum Gasteiger partial charge on any atom is -0.493 e. The molecule has 30 heavy (non-hydrogen) atoms. The van der Waals surface area contributed by atoms with Crippen molar-refractivity contribution in [3.8, 4) is 17.2 Å². The Morgan fingerprint density at radius 1 is 0.800 bits per heavy atom. The van der Waals surface area contributed by atoms with Crippen LogP contribution in [0.15, 0.2) is 36.4 Å². The van der Waals surface area contributed by atoms with E-state index < -0.39 is 0 Å². The van der Waals surface area contributed by atoms with Crippen molar-refractivity contribution in [3.63, 3.8) is 0 Å². The molecule has 7 nitrogen and oxygen atoms in total. The lowest BCUT2D eigenvalue weighted by Crippen LogP contribution is -2.19. The highest BCUT2D eigenvalue weighted by Gasteiger charge is 2.19. The van der Waals surface area contributed by atoms with Crippen molar-refractivity contribution in [3.05, 3.63) is 42.0 Å². The molecule has 0 aromatic heterocycles. The standard InChI is InChI=1S/C23H30N2O5/c1-6-28-19-12-10-9-11-16(19)23(27)25-18-14-20(29-7-2)17(13-21(18)30-8-3)24-22(26)15(4)5/h9-15H,6-8H2,1-5H3,(H,24,26)(H,25,27). The molecule has 0 radical (unpaired) electrons. The Bertz CT molecular complexity index is 880. The van der Waals surface area contributed by atoms with Gasteiger partial charge in [-0.15, -0.1) is 0 Å². The van der Waals surface area contributed by atoms with Crippen LogP contribution in [0, 0.1) is 5.92 Å². The normalized spacial score (nSPS) is 10.5. The number of anilines is 2. The number of hydrogen-bond donors (Lipinski definition) is 2. The van der Waals surface area contributed by atoms with Gasteiger partial charge < -0.3 is 24.8 Å². The van der Waals surface area contributed by atoms with Gasteiger partial charge >= 0.3 is 0 Å². The Balaban J connectivity index is 2.42. The number of nitrogens with one attached hydrogen (secondary N) is 2. The molecule has 0 spiro atoms. The summed E-state index contributed by atoms with van der Waals surface area (Å²) < 4.78 is 17.0. The molecule has 2 N–H and O–H groups in total. The second-order valence-corrected chi connectivity index (χ2v) is 6.74. The molecular formula is C23H30N2O5. The second kappa shape index (κ2) is 11.1. The van der Waals surface area contributed by atoms with Crippen molar-refractivity contribution < 1.29 is 23.8 Å². The predicted octanol–water partition coefficient (Wildman–Crippen LogP) is 4.73. The lowest BCUT2D eigenvalue weighted by Gasteiger charge is -2.19. The van der Waals surface area contributed by atoms with Gasteiger partial charge in [-0.2, -0.15) is 0 Å². The van der Waals surface area contributed by atoms with Gasteiger partial charge in [0.05, 0.1) is 36.8 Å². The van der Waals surface area contributed by atoms with Crippen LogP contribution in [0.1, 0.15) is 45.0 Å². The number of carbonyl (C=O) groups excluding carboxylic acids is 2. The third kappa shape index (κ3) is 5.89. The van der Waals surface area contributed by atoms with Crippen molar-refractivity contribution >= 4 is 23.2 Å². The maximum atomic E-state index is 12.9. The van der Waals surface area contributed by atoms with Crippen LogP contribution in [0.2, 0.25) is 0 Å². The minimum absolute atomic E-state index is 0.138. The summed E-state index contributed by atoms with van der Waals surface area (Å²) in [5.41, 5.74) is 1.35. The number of ether oxygens (including phenoxy) is 3. The molecule has 0 atom stereocenters. The molecule has 0 aliphatic heterocycles. The van der Waals surface area contributed by atoms with Gasteiger partial charge in [-0.1, -0.05) is 26.0 Å². The Hall–Kier alpha value is -3.22. The first-order valence-electron chi connectivity index (χ1n) is 10.2. The summed E-state index contributed by atoms with van der Waals surface area (Å²) in [5, 5.41) is 5.73. The number of amides is 2. The van der Waals surface area contributed by atoms with Gasteiger partial charge in [0.2, 0.25) is 5.91 Å². The molecule has 162 valence electrons. The first-order chi connectivity index (χ1) is 14.4. The lowest BCUT2D eigenvalue weighted by atomic mass is 10.1. The molecule has 7 heteroatoms. The van der Waals surface area contributed by atoms with Crippen molar-refractivity contribution in [2.75, 3.05) is 30.5 Å². The average molecular weight is 415 g/mol. The van der Waals surface area contributed by atoms with Crippen LogP contribution >= 0.6 is 0 Å². The fourth-order valence-corrected chi connectivity index (χ4v) is 2.71. The smallest absolute Gasteiger partial charge is 0.259 e. The van der Waals surface area contributed by atoms with Crippen LogP contribution in [0.3, 0.4) is 0 Å². The Morgan fingerprint density at radius 2 is 1.30 bits per heavy atom. The maximum absolute atomic E-state index is 12.9. The molecule has 0 unspecified atom stereocenters. The zero-order chi connectivity index (χ0) is 22.1. The zero-order valence-corrected chi connectivity index (χ0v) is 18.2. The highest BCUT2D eigenvalue weighted by atomic mass is 16.5. The summed E-state index contributed by atoms with van der Waals surface area (Å²) in [5.74, 6) is 0.721. The summed E-state index contributed by atoms with van der Waals surface area (Å²) >= 11 is 0. The maximum Gasteiger partial charge on any atom is 0.259 e. The third-order valence-corrected chi connectivity index (χ3v) is 4.14. The molecule has 0 fully saturated rings. The van der Waals surface area contributed by atoms with E-state index >= 15 is 0 Å². The molecule has 2 aromatic rings. The molecule has 0 saturated heterocycles. The van der Waals surface area contributed by atoms with Crippen LogP contribution < -0.4 is 24.8 Å². The molecule has 0 saturated carbocycles. The van der Waals surface area contributed by atoms with Crippen molar-refractivity contribution in [2.24, 2.45) is 5.92 Å². The molecule has 0 heterocycles. The predicted molar refractivity (Wildman–Crippen MR) is 118 cm³/mol. The van der Waals surface area contributed by atoms with E-state index in [1.54, 1.807) is 30.3 Å². The van der Waals surface area contributed by atoms with Crippen molar-refractivity contribution in [1.82, 2.24) is 0 Å². The Kier molecular flexibility index (Phi) is 8.53. The summed E-state index contributed by atoms with van der Waals surface area (Å²) in [7, 11) is 0. The van der Waals surface area contributed by atoms with Crippen LogP contribution in [0.4, 0.5) is 11.4 Å². The van der Waals surface area contributed by atoms with Crippen LogP contribution in [-0.4, -0.2) is 31.6 Å². The molecule has 2 rings (SSSR count). The summed E-state index contributed by atoms with van der Waals surface area (Å²) in [6, 6.07) is 10.4. The van der Waals surface area contributed by atoms with E-state index in [2.05, 4.69) is 10.6 Å². The number of benzene rings is 2. The quantitative estimate of drug-likeness (QED) is 0.587. The van der Waals surface area contributed by atoms with E-state index in [-0.39, 0.29) is 17.7 Å². The topological polar surface area (TPSA) is 85.9 Å². The number of carbonyl (C=O) groups is 2. The fourth-order valence-electron chi connectivity index (χ4n) is 2.71. The first kappa shape index (κ1) is 23.1. The third-order valence-electron chi connectivity index (χ3n) is 4.14. The highest BCUT2D eigenvalue weighted by molar-refractivity contribution is 6.07. The van der Waals surface area contributed by atoms with E-state index in [9.17, 15) is 9.59 Å². The highest BCUT2D eigenvalue weighted by Crippen LogP contribution is 2.37. The Morgan fingerprint density at radius 3 is 1.83 bits per heavy atom.